The van der Waals surface area contributed by atoms with Crippen LogP contribution in [0.1, 0.15) is 19.8 Å². The Hall–Kier alpha value is -1.31. The van der Waals surface area contributed by atoms with Gasteiger partial charge >= 0.3 is 5.97 Å². The number of fused-ring (bicyclic) bond motifs is 1. The molecule has 1 heterocycles. The van der Waals surface area contributed by atoms with Crippen molar-refractivity contribution in [3.63, 3.8) is 0 Å². The summed E-state index contributed by atoms with van der Waals surface area (Å²) >= 11 is 0. The Morgan fingerprint density at radius 1 is 1.62 bits per heavy atom. The summed E-state index contributed by atoms with van der Waals surface area (Å²) in [5.41, 5.74) is 2.29. The standard InChI is InChI=1S/C11H12O2/c1-2-8-7-11(12)13-10-6-4-3-5-9(8)10/h3-5,7,10H,2,6H2,1H3. The molecule has 0 radical (unpaired) electrons. The SMILES string of the molecule is CCC1=CC(=O)OC2CC=CC=C12. The van der Waals surface area contributed by atoms with Crippen LogP contribution < -0.4 is 0 Å². The summed E-state index contributed by atoms with van der Waals surface area (Å²) < 4.78 is 5.19. The van der Waals surface area contributed by atoms with Crippen LogP contribution in [0.15, 0.2) is 35.5 Å². The van der Waals surface area contributed by atoms with Gasteiger partial charge in [0, 0.05) is 12.5 Å². The van der Waals surface area contributed by atoms with E-state index >= 15 is 0 Å². The van der Waals surface area contributed by atoms with E-state index in [1.807, 2.05) is 18.2 Å². The number of rotatable bonds is 1. The van der Waals surface area contributed by atoms with Crippen molar-refractivity contribution in [1.82, 2.24) is 0 Å². The van der Waals surface area contributed by atoms with Crippen molar-refractivity contribution in [1.29, 1.82) is 0 Å². The summed E-state index contributed by atoms with van der Waals surface area (Å²) in [6.45, 7) is 2.06. The zero-order valence-corrected chi connectivity index (χ0v) is 7.62. The molecule has 0 amide bonds. The second-order valence-corrected chi connectivity index (χ2v) is 3.23. The van der Waals surface area contributed by atoms with Gasteiger partial charge in [-0.2, -0.15) is 0 Å². The number of hydrogen-bond acceptors (Lipinski definition) is 2. The molecule has 1 unspecified atom stereocenters. The molecule has 2 rings (SSSR count). The van der Waals surface area contributed by atoms with Crippen LogP contribution in [0.25, 0.3) is 0 Å². The van der Waals surface area contributed by atoms with Gasteiger partial charge in [0.25, 0.3) is 0 Å². The monoisotopic (exact) mass is 176 g/mol. The topological polar surface area (TPSA) is 26.3 Å². The molecule has 68 valence electrons. The van der Waals surface area contributed by atoms with Gasteiger partial charge in [-0.1, -0.05) is 25.2 Å². The number of allylic oxidation sites excluding steroid dienone is 2. The summed E-state index contributed by atoms with van der Waals surface area (Å²) in [6.07, 6.45) is 9.36. The molecule has 13 heavy (non-hydrogen) atoms. The molecule has 1 aliphatic heterocycles. The number of ether oxygens (including phenoxy) is 1. The highest BCUT2D eigenvalue weighted by Crippen LogP contribution is 2.29. The lowest BCUT2D eigenvalue weighted by Crippen LogP contribution is -2.25. The van der Waals surface area contributed by atoms with E-state index in [1.165, 1.54) is 5.57 Å². The summed E-state index contributed by atoms with van der Waals surface area (Å²) in [5.74, 6) is -0.200. The van der Waals surface area contributed by atoms with Crippen LogP contribution in [0, 0.1) is 0 Å². The maximum absolute atomic E-state index is 11.1. The molecule has 0 saturated carbocycles. The van der Waals surface area contributed by atoms with Gasteiger partial charge in [-0.15, -0.1) is 0 Å². The van der Waals surface area contributed by atoms with E-state index in [4.69, 9.17) is 4.74 Å². The largest absolute Gasteiger partial charge is 0.454 e. The Balaban J connectivity index is 2.37. The molecular weight excluding hydrogens is 164 g/mol. The van der Waals surface area contributed by atoms with Crippen molar-refractivity contribution in [3.8, 4) is 0 Å². The average Bonchev–Trinajstić information content (AvgIpc) is 2.16. The molecule has 2 nitrogen and oxygen atoms in total. The van der Waals surface area contributed by atoms with Crippen molar-refractivity contribution in [2.24, 2.45) is 0 Å². The van der Waals surface area contributed by atoms with Crippen molar-refractivity contribution in [3.05, 3.63) is 35.5 Å². The zero-order chi connectivity index (χ0) is 9.26. The minimum absolute atomic E-state index is 0.0301. The Kier molecular flexibility index (Phi) is 2.05. The molecule has 1 aliphatic carbocycles. The number of hydrogen-bond donors (Lipinski definition) is 0. The fourth-order valence-electron chi connectivity index (χ4n) is 1.74. The van der Waals surface area contributed by atoms with Gasteiger partial charge < -0.3 is 4.74 Å². The smallest absolute Gasteiger partial charge is 0.331 e. The van der Waals surface area contributed by atoms with Crippen LogP contribution in [0.5, 0.6) is 0 Å². The molecule has 0 aromatic heterocycles. The van der Waals surface area contributed by atoms with E-state index in [9.17, 15) is 4.79 Å². The first-order valence-corrected chi connectivity index (χ1v) is 4.59. The maximum Gasteiger partial charge on any atom is 0.331 e. The van der Waals surface area contributed by atoms with E-state index in [-0.39, 0.29) is 12.1 Å². The minimum Gasteiger partial charge on any atom is -0.454 e. The molecule has 0 saturated heterocycles. The molecule has 0 fully saturated rings. The highest BCUT2D eigenvalue weighted by atomic mass is 16.5. The molecule has 0 aromatic rings. The van der Waals surface area contributed by atoms with Gasteiger partial charge in [0.05, 0.1) is 0 Å². The van der Waals surface area contributed by atoms with Gasteiger partial charge in [0.1, 0.15) is 6.10 Å². The third-order valence-corrected chi connectivity index (χ3v) is 2.41. The van der Waals surface area contributed by atoms with E-state index in [1.54, 1.807) is 6.08 Å². The van der Waals surface area contributed by atoms with E-state index < -0.39 is 0 Å². The summed E-state index contributed by atoms with van der Waals surface area (Å²) in [4.78, 5) is 11.1. The molecule has 2 heteroatoms. The predicted octanol–water partition coefficient (Wildman–Crippen LogP) is 2.13. The van der Waals surface area contributed by atoms with Crippen LogP contribution >= 0.6 is 0 Å². The average molecular weight is 176 g/mol. The van der Waals surface area contributed by atoms with Crippen LogP contribution in [0.4, 0.5) is 0 Å². The van der Waals surface area contributed by atoms with Crippen LogP contribution in [0.3, 0.4) is 0 Å². The summed E-state index contributed by atoms with van der Waals surface area (Å²) in [5, 5.41) is 0. The van der Waals surface area contributed by atoms with Gasteiger partial charge in [-0.25, -0.2) is 4.79 Å². The summed E-state index contributed by atoms with van der Waals surface area (Å²) in [6, 6.07) is 0. The first-order valence-electron chi connectivity index (χ1n) is 4.59. The van der Waals surface area contributed by atoms with Gasteiger partial charge in [0.15, 0.2) is 0 Å². The molecular formula is C11H12O2. The summed E-state index contributed by atoms with van der Waals surface area (Å²) in [7, 11) is 0. The van der Waals surface area contributed by atoms with Crippen LogP contribution in [0.2, 0.25) is 0 Å². The fraction of sp³-hybridized carbons (Fsp3) is 0.364. The van der Waals surface area contributed by atoms with E-state index in [2.05, 4.69) is 6.92 Å². The van der Waals surface area contributed by atoms with Crippen molar-refractivity contribution in [2.45, 2.75) is 25.9 Å². The third kappa shape index (κ3) is 1.44. The normalized spacial score (nSPS) is 25.9. The number of carbonyl (C=O) groups excluding carboxylic acids is 1. The Bertz CT molecular complexity index is 321. The van der Waals surface area contributed by atoms with Gasteiger partial charge in [-0.3, -0.25) is 0 Å². The maximum atomic E-state index is 11.1. The van der Waals surface area contributed by atoms with Gasteiger partial charge in [-0.05, 0) is 17.6 Å². The zero-order valence-electron chi connectivity index (χ0n) is 7.62. The lowest BCUT2D eigenvalue weighted by molar-refractivity contribution is -0.142. The van der Waals surface area contributed by atoms with Crippen molar-refractivity contribution >= 4 is 5.97 Å². The molecule has 0 spiro atoms. The lowest BCUT2D eigenvalue weighted by atomic mass is 9.91. The highest BCUT2D eigenvalue weighted by molar-refractivity contribution is 5.86. The Labute approximate surface area is 77.6 Å². The fourth-order valence-corrected chi connectivity index (χ4v) is 1.74. The molecule has 2 aliphatic rings. The first-order chi connectivity index (χ1) is 6.31. The third-order valence-electron chi connectivity index (χ3n) is 2.41. The minimum atomic E-state index is -0.200. The second-order valence-electron chi connectivity index (χ2n) is 3.23. The molecule has 1 atom stereocenters. The number of carbonyl (C=O) groups is 1. The van der Waals surface area contributed by atoms with Crippen molar-refractivity contribution < 1.29 is 9.53 Å². The van der Waals surface area contributed by atoms with E-state index in [0.29, 0.717) is 0 Å². The lowest BCUT2D eigenvalue weighted by Gasteiger charge is -2.26. The Morgan fingerprint density at radius 3 is 3.23 bits per heavy atom. The highest BCUT2D eigenvalue weighted by Gasteiger charge is 2.25. The molecule has 0 N–H and O–H groups in total. The van der Waals surface area contributed by atoms with Crippen molar-refractivity contribution in [2.75, 3.05) is 0 Å². The quantitative estimate of drug-likeness (QED) is 0.572. The van der Waals surface area contributed by atoms with Crippen LogP contribution in [-0.4, -0.2) is 12.1 Å². The second kappa shape index (κ2) is 3.21. The van der Waals surface area contributed by atoms with Crippen LogP contribution in [-0.2, 0) is 9.53 Å². The predicted molar refractivity (Wildman–Crippen MR) is 50.1 cm³/mol. The van der Waals surface area contributed by atoms with E-state index in [0.717, 1.165) is 18.4 Å². The molecule has 0 bridgehead atoms. The number of esters is 1. The first kappa shape index (κ1) is 8.30. The molecule has 0 aromatic carbocycles. The Morgan fingerprint density at radius 2 is 2.46 bits per heavy atom. The van der Waals surface area contributed by atoms with Gasteiger partial charge in [0.2, 0.25) is 0 Å².